The predicted octanol–water partition coefficient (Wildman–Crippen LogP) is 2.11. The molecular weight excluding hydrogens is 295 g/mol. The molecule has 126 valence electrons. The summed E-state index contributed by atoms with van der Waals surface area (Å²) in [6.45, 7) is 1.96. The number of rotatable bonds is 4. The maximum absolute atomic E-state index is 13.7. The van der Waals surface area contributed by atoms with Crippen LogP contribution in [0.15, 0.2) is 24.3 Å². The van der Waals surface area contributed by atoms with Crippen LogP contribution < -0.4 is 5.73 Å². The zero-order chi connectivity index (χ0) is 16.2. The van der Waals surface area contributed by atoms with Crippen LogP contribution in [0.1, 0.15) is 31.2 Å². The lowest BCUT2D eigenvalue weighted by molar-refractivity contribution is -0.144. The van der Waals surface area contributed by atoms with E-state index in [2.05, 4.69) is 0 Å². The standard InChI is InChI=1S/C18H25FN2O2/c19-16-4-2-1-3-14(16)11-13-7-9-21(10-8-13)18(22)17-6-5-15(12-20)23-17/h1-4,13,15,17H,5-12,20H2/t15-,17+/m1/s1. The molecule has 23 heavy (non-hydrogen) atoms. The predicted molar refractivity (Wildman–Crippen MR) is 86.4 cm³/mol. The van der Waals surface area contributed by atoms with Gasteiger partial charge < -0.3 is 15.4 Å². The Balaban J connectivity index is 1.49. The highest BCUT2D eigenvalue weighted by atomic mass is 19.1. The second-order valence-electron chi connectivity index (χ2n) is 6.62. The Morgan fingerprint density at radius 2 is 1.96 bits per heavy atom. The number of likely N-dealkylation sites (tertiary alicyclic amines) is 1. The molecule has 4 nitrogen and oxygen atoms in total. The monoisotopic (exact) mass is 320 g/mol. The average molecular weight is 320 g/mol. The van der Waals surface area contributed by atoms with E-state index >= 15 is 0 Å². The molecule has 0 aliphatic carbocycles. The molecule has 0 radical (unpaired) electrons. The summed E-state index contributed by atoms with van der Waals surface area (Å²) < 4.78 is 19.4. The van der Waals surface area contributed by atoms with Crippen molar-refractivity contribution in [1.29, 1.82) is 0 Å². The van der Waals surface area contributed by atoms with Crippen LogP contribution in [0.3, 0.4) is 0 Å². The molecule has 1 aromatic rings. The van der Waals surface area contributed by atoms with E-state index < -0.39 is 0 Å². The van der Waals surface area contributed by atoms with Crippen molar-refractivity contribution in [2.24, 2.45) is 11.7 Å². The average Bonchev–Trinajstić information content (AvgIpc) is 3.06. The van der Waals surface area contributed by atoms with Crippen LogP contribution in [0.5, 0.6) is 0 Å². The first kappa shape index (κ1) is 16.4. The van der Waals surface area contributed by atoms with Crippen molar-refractivity contribution in [3.63, 3.8) is 0 Å². The summed E-state index contributed by atoms with van der Waals surface area (Å²) in [5.74, 6) is 0.417. The third-order valence-corrected chi connectivity index (χ3v) is 5.04. The van der Waals surface area contributed by atoms with Crippen LogP contribution >= 0.6 is 0 Å². The van der Waals surface area contributed by atoms with E-state index in [0.29, 0.717) is 12.5 Å². The van der Waals surface area contributed by atoms with Crippen molar-refractivity contribution in [1.82, 2.24) is 4.90 Å². The van der Waals surface area contributed by atoms with Crippen LogP contribution in [-0.4, -0.2) is 42.6 Å². The van der Waals surface area contributed by atoms with Crippen LogP contribution in [0, 0.1) is 11.7 Å². The fourth-order valence-electron chi connectivity index (χ4n) is 3.60. The number of halogens is 1. The first-order valence-electron chi connectivity index (χ1n) is 8.55. The molecule has 2 aliphatic rings. The number of carbonyl (C=O) groups excluding carboxylic acids is 1. The first-order chi connectivity index (χ1) is 11.2. The fraction of sp³-hybridized carbons (Fsp3) is 0.611. The Bertz CT molecular complexity index is 544. The summed E-state index contributed by atoms with van der Waals surface area (Å²) >= 11 is 0. The minimum atomic E-state index is -0.313. The molecule has 2 N–H and O–H groups in total. The lowest BCUT2D eigenvalue weighted by Crippen LogP contribution is -2.44. The van der Waals surface area contributed by atoms with Crippen LogP contribution in [0.25, 0.3) is 0 Å². The molecule has 1 amide bonds. The van der Waals surface area contributed by atoms with Gasteiger partial charge in [-0.2, -0.15) is 0 Å². The van der Waals surface area contributed by atoms with Crippen molar-refractivity contribution >= 4 is 5.91 Å². The number of nitrogens with zero attached hydrogens (tertiary/aromatic N) is 1. The van der Waals surface area contributed by atoms with Crippen LogP contribution in [0.2, 0.25) is 0 Å². The van der Waals surface area contributed by atoms with E-state index in [1.165, 1.54) is 6.07 Å². The van der Waals surface area contributed by atoms with Gasteiger partial charge in [0, 0.05) is 19.6 Å². The van der Waals surface area contributed by atoms with Gasteiger partial charge in [-0.25, -0.2) is 4.39 Å². The Labute approximate surface area is 136 Å². The van der Waals surface area contributed by atoms with Gasteiger partial charge >= 0.3 is 0 Å². The fourth-order valence-corrected chi connectivity index (χ4v) is 3.60. The highest BCUT2D eigenvalue weighted by Gasteiger charge is 2.34. The summed E-state index contributed by atoms with van der Waals surface area (Å²) in [5, 5.41) is 0. The number of benzene rings is 1. The van der Waals surface area contributed by atoms with E-state index in [1.54, 1.807) is 6.07 Å². The van der Waals surface area contributed by atoms with Crippen molar-refractivity contribution < 1.29 is 13.9 Å². The number of piperidine rings is 1. The number of nitrogens with two attached hydrogens (primary N) is 1. The van der Waals surface area contributed by atoms with Crippen molar-refractivity contribution in [3.05, 3.63) is 35.6 Å². The van der Waals surface area contributed by atoms with Gasteiger partial charge in [0.15, 0.2) is 0 Å². The maximum Gasteiger partial charge on any atom is 0.251 e. The lowest BCUT2D eigenvalue weighted by atomic mass is 9.90. The minimum Gasteiger partial charge on any atom is -0.364 e. The molecule has 0 bridgehead atoms. The molecule has 2 aliphatic heterocycles. The van der Waals surface area contributed by atoms with Gasteiger partial charge in [-0.15, -0.1) is 0 Å². The van der Waals surface area contributed by atoms with Gasteiger partial charge in [-0.05, 0) is 49.7 Å². The molecule has 2 fully saturated rings. The van der Waals surface area contributed by atoms with Gasteiger partial charge in [-0.3, -0.25) is 4.79 Å². The molecule has 5 heteroatoms. The molecule has 0 spiro atoms. The Morgan fingerprint density at radius 3 is 2.61 bits per heavy atom. The smallest absolute Gasteiger partial charge is 0.251 e. The number of amides is 1. The molecule has 0 saturated carbocycles. The summed E-state index contributed by atoms with van der Waals surface area (Å²) in [4.78, 5) is 14.4. The first-order valence-corrected chi connectivity index (χ1v) is 8.55. The van der Waals surface area contributed by atoms with E-state index in [0.717, 1.165) is 50.8 Å². The third-order valence-electron chi connectivity index (χ3n) is 5.04. The van der Waals surface area contributed by atoms with Crippen molar-refractivity contribution in [2.75, 3.05) is 19.6 Å². The van der Waals surface area contributed by atoms with Crippen molar-refractivity contribution in [2.45, 2.75) is 44.3 Å². The number of hydrogen-bond donors (Lipinski definition) is 1. The molecular formula is C18H25FN2O2. The van der Waals surface area contributed by atoms with Gasteiger partial charge in [0.2, 0.25) is 0 Å². The highest BCUT2D eigenvalue weighted by molar-refractivity contribution is 5.81. The Kier molecular flexibility index (Phi) is 5.28. The van der Waals surface area contributed by atoms with Gasteiger partial charge in [0.1, 0.15) is 11.9 Å². The highest BCUT2D eigenvalue weighted by Crippen LogP contribution is 2.26. The zero-order valence-electron chi connectivity index (χ0n) is 13.4. The minimum absolute atomic E-state index is 0.0301. The summed E-state index contributed by atoms with van der Waals surface area (Å²) in [6.07, 6.45) is 3.96. The Hall–Kier alpha value is -1.46. The van der Waals surface area contributed by atoms with Crippen LogP contribution in [0.4, 0.5) is 4.39 Å². The van der Waals surface area contributed by atoms with E-state index in [-0.39, 0.29) is 23.9 Å². The second kappa shape index (κ2) is 7.41. The summed E-state index contributed by atoms with van der Waals surface area (Å²) in [7, 11) is 0. The molecule has 1 aromatic carbocycles. The van der Waals surface area contributed by atoms with E-state index in [4.69, 9.17) is 10.5 Å². The van der Waals surface area contributed by atoms with E-state index in [1.807, 2.05) is 17.0 Å². The molecule has 2 atom stereocenters. The van der Waals surface area contributed by atoms with E-state index in [9.17, 15) is 9.18 Å². The largest absolute Gasteiger partial charge is 0.364 e. The number of ether oxygens (including phenoxy) is 1. The van der Waals surface area contributed by atoms with Crippen LogP contribution in [-0.2, 0) is 16.0 Å². The molecule has 0 unspecified atom stereocenters. The van der Waals surface area contributed by atoms with Gasteiger partial charge in [0.25, 0.3) is 5.91 Å². The quantitative estimate of drug-likeness (QED) is 0.924. The molecule has 3 rings (SSSR count). The number of hydrogen-bond acceptors (Lipinski definition) is 3. The third kappa shape index (κ3) is 3.90. The molecule has 2 saturated heterocycles. The van der Waals surface area contributed by atoms with Gasteiger partial charge in [0.05, 0.1) is 6.10 Å². The number of carbonyl (C=O) groups is 1. The summed E-state index contributed by atoms with van der Waals surface area (Å²) in [6, 6.07) is 6.96. The zero-order valence-corrected chi connectivity index (χ0v) is 13.4. The lowest BCUT2D eigenvalue weighted by Gasteiger charge is -2.33. The summed E-state index contributed by atoms with van der Waals surface area (Å²) in [5.41, 5.74) is 6.38. The molecule has 0 aromatic heterocycles. The SMILES string of the molecule is NC[C@H]1CC[C@@H](C(=O)N2CCC(Cc3ccccc3F)CC2)O1. The Morgan fingerprint density at radius 1 is 1.22 bits per heavy atom. The second-order valence-corrected chi connectivity index (χ2v) is 6.62. The normalized spacial score (nSPS) is 25.7. The topological polar surface area (TPSA) is 55.6 Å². The van der Waals surface area contributed by atoms with Gasteiger partial charge in [-0.1, -0.05) is 18.2 Å². The van der Waals surface area contributed by atoms with Crippen molar-refractivity contribution in [3.8, 4) is 0 Å². The maximum atomic E-state index is 13.7. The molecule has 2 heterocycles.